The minimum Gasteiger partial charge on any atom is -0.492 e. The fourth-order valence-corrected chi connectivity index (χ4v) is 3.38. The van der Waals surface area contributed by atoms with Gasteiger partial charge in [-0.05, 0) is 49.0 Å². The zero-order chi connectivity index (χ0) is 21.5. The van der Waals surface area contributed by atoms with Gasteiger partial charge in [0.25, 0.3) is 11.5 Å². The zero-order valence-electron chi connectivity index (χ0n) is 17.1. The first-order valence-electron chi connectivity index (χ1n) is 9.70. The molecule has 8 heteroatoms. The largest absolute Gasteiger partial charge is 0.492 e. The minimum atomic E-state index is -0.173. The highest BCUT2D eigenvalue weighted by Crippen LogP contribution is 2.13. The summed E-state index contributed by atoms with van der Waals surface area (Å²) in [6.45, 7) is 1.84. The molecule has 30 heavy (non-hydrogen) atoms. The first-order chi connectivity index (χ1) is 14.5. The number of carbonyl (C=O) groups excluding carboxylic acids is 1. The quantitative estimate of drug-likeness (QED) is 0.419. The summed E-state index contributed by atoms with van der Waals surface area (Å²) in [5, 5.41) is 0.493. The first-order valence-corrected chi connectivity index (χ1v) is 10.1. The number of amides is 1. The maximum atomic E-state index is 12.8. The fourth-order valence-electron chi connectivity index (χ4n) is 3.10. The lowest BCUT2D eigenvalue weighted by Gasteiger charge is -2.18. The van der Waals surface area contributed by atoms with E-state index in [-0.39, 0.29) is 11.5 Å². The number of methoxy groups -OCH3 is 1. The third-order valence-electron chi connectivity index (χ3n) is 4.74. The molecular formula is C22H25N3O4S. The van der Waals surface area contributed by atoms with E-state index >= 15 is 0 Å². The number of nitrogens with one attached hydrogen (secondary N) is 1. The average molecular weight is 428 g/mol. The molecule has 158 valence electrons. The van der Waals surface area contributed by atoms with Crippen molar-refractivity contribution in [3.8, 4) is 5.75 Å². The molecule has 0 aliphatic carbocycles. The van der Waals surface area contributed by atoms with Gasteiger partial charge < -0.3 is 19.4 Å². The van der Waals surface area contributed by atoms with Crippen LogP contribution in [0.25, 0.3) is 10.9 Å². The van der Waals surface area contributed by atoms with E-state index in [0.717, 1.165) is 5.75 Å². The van der Waals surface area contributed by atoms with Crippen molar-refractivity contribution in [2.45, 2.75) is 13.0 Å². The van der Waals surface area contributed by atoms with Gasteiger partial charge in [0.15, 0.2) is 4.77 Å². The van der Waals surface area contributed by atoms with Crippen molar-refractivity contribution in [3.05, 3.63) is 69.2 Å². The molecule has 0 saturated heterocycles. The van der Waals surface area contributed by atoms with Gasteiger partial charge in [0, 0.05) is 32.9 Å². The highest BCUT2D eigenvalue weighted by Gasteiger charge is 2.14. The number of ether oxygens (including phenoxy) is 2. The predicted molar refractivity (Wildman–Crippen MR) is 119 cm³/mol. The van der Waals surface area contributed by atoms with Crippen molar-refractivity contribution in [1.82, 2.24) is 14.5 Å². The molecule has 0 aliphatic heterocycles. The third-order valence-corrected chi connectivity index (χ3v) is 5.07. The lowest BCUT2D eigenvalue weighted by Crippen LogP contribution is -2.31. The van der Waals surface area contributed by atoms with Crippen molar-refractivity contribution in [3.63, 3.8) is 0 Å². The summed E-state index contributed by atoms with van der Waals surface area (Å²) in [6, 6.07) is 14.5. The molecule has 0 radical (unpaired) electrons. The molecule has 2 aromatic carbocycles. The monoisotopic (exact) mass is 427 g/mol. The van der Waals surface area contributed by atoms with Crippen molar-refractivity contribution in [2.24, 2.45) is 0 Å². The molecule has 1 N–H and O–H groups in total. The van der Waals surface area contributed by atoms with Crippen LogP contribution >= 0.6 is 12.2 Å². The van der Waals surface area contributed by atoms with Gasteiger partial charge in [-0.3, -0.25) is 14.2 Å². The Morgan fingerprint density at radius 3 is 2.67 bits per heavy atom. The lowest BCUT2D eigenvalue weighted by molar-refractivity contribution is 0.0774. The van der Waals surface area contributed by atoms with Crippen LogP contribution in [0.5, 0.6) is 5.75 Å². The molecule has 0 atom stereocenters. The number of nitrogens with zero attached hydrogens (tertiary/aromatic N) is 2. The number of likely N-dealkylation sites (N-methyl/N-ethyl adjacent to an activating group) is 1. The predicted octanol–water partition coefficient (Wildman–Crippen LogP) is 3.25. The molecule has 0 saturated carbocycles. The summed E-state index contributed by atoms with van der Waals surface area (Å²) in [6.07, 6.45) is 0.686. The number of benzene rings is 2. The van der Waals surface area contributed by atoms with Crippen LogP contribution in [0.4, 0.5) is 0 Å². The van der Waals surface area contributed by atoms with Crippen LogP contribution < -0.4 is 10.3 Å². The van der Waals surface area contributed by atoms with Crippen LogP contribution in [0.2, 0.25) is 0 Å². The Balaban J connectivity index is 1.72. The van der Waals surface area contributed by atoms with Crippen LogP contribution in [0, 0.1) is 4.77 Å². The van der Waals surface area contributed by atoms with Crippen LogP contribution in [-0.4, -0.2) is 54.3 Å². The van der Waals surface area contributed by atoms with Crippen LogP contribution in [0.3, 0.4) is 0 Å². The fraction of sp³-hybridized carbons (Fsp3) is 0.318. The summed E-state index contributed by atoms with van der Waals surface area (Å²) >= 11 is 5.34. The van der Waals surface area contributed by atoms with E-state index in [2.05, 4.69) is 4.98 Å². The number of hydrogen-bond donors (Lipinski definition) is 1. The van der Waals surface area contributed by atoms with Crippen molar-refractivity contribution in [1.29, 1.82) is 0 Å². The van der Waals surface area contributed by atoms with Gasteiger partial charge in [0.2, 0.25) is 0 Å². The minimum absolute atomic E-state index is 0.155. The maximum absolute atomic E-state index is 12.8. The van der Waals surface area contributed by atoms with E-state index < -0.39 is 0 Å². The van der Waals surface area contributed by atoms with E-state index in [0.29, 0.717) is 54.0 Å². The average Bonchev–Trinajstić information content (AvgIpc) is 2.75. The van der Waals surface area contributed by atoms with E-state index in [4.69, 9.17) is 21.7 Å². The van der Waals surface area contributed by atoms with Gasteiger partial charge in [0.1, 0.15) is 12.4 Å². The summed E-state index contributed by atoms with van der Waals surface area (Å²) in [5.41, 5.74) is 0.855. The van der Waals surface area contributed by atoms with Crippen molar-refractivity contribution >= 4 is 29.0 Å². The molecule has 0 bridgehead atoms. The molecule has 1 amide bonds. The Bertz CT molecular complexity index is 1120. The van der Waals surface area contributed by atoms with Crippen LogP contribution in [0.1, 0.15) is 16.8 Å². The van der Waals surface area contributed by atoms with Crippen LogP contribution in [-0.2, 0) is 11.3 Å². The molecule has 0 aliphatic rings. The topological polar surface area (TPSA) is 76.6 Å². The standard InChI is InChI=1S/C22H25N3O4S/c1-24(12-14-29-17-7-4-3-5-8-17)20(26)16-9-10-18-19(15-16)23-22(30)25(21(18)27)11-6-13-28-2/h3-5,7-10,15H,6,11-14H2,1-2H3,(H,23,30). The Morgan fingerprint density at radius 2 is 1.93 bits per heavy atom. The second-order valence-corrected chi connectivity index (χ2v) is 7.27. The normalized spacial score (nSPS) is 10.9. The molecule has 0 fully saturated rings. The summed E-state index contributed by atoms with van der Waals surface area (Å²) in [4.78, 5) is 30.2. The van der Waals surface area contributed by atoms with Crippen molar-refractivity contribution in [2.75, 3.05) is 33.9 Å². The van der Waals surface area contributed by atoms with Gasteiger partial charge in [-0.15, -0.1) is 0 Å². The van der Waals surface area contributed by atoms with Gasteiger partial charge >= 0.3 is 0 Å². The SMILES string of the molecule is COCCCn1c(=S)[nH]c2cc(C(=O)N(C)CCOc3ccccc3)ccc2c1=O. The number of para-hydroxylation sites is 1. The summed E-state index contributed by atoms with van der Waals surface area (Å²) in [7, 11) is 3.34. The molecule has 7 nitrogen and oxygen atoms in total. The second kappa shape index (κ2) is 10.2. The number of aromatic amines is 1. The second-order valence-electron chi connectivity index (χ2n) is 6.88. The van der Waals surface area contributed by atoms with Crippen molar-refractivity contribution < 1.29 is 14.3 Å². The number of hydrogen-bond acceptors (Lipinski definition) is 5. The van der Waals surface area contributed by atoms with E-state index in [1.165, 1.54) is 4.57 Å². The molecule has 3 aromatic rings. The zero-order valence-corrected chi connectivity index (χ0v) is 17.9. The summed E-state index contributed by atoms with van der Waals surface area (Å²) < 4.78 is 12.5. The van der Waals surface area contributed by atoms with Gasteiger partial charge in [-0.1, -0.05) is 18.2 Å². The van der Waals surface area contributed by atoms with E-state index in [1.54, 1.807) is 37.3 Å². The lowest BCUT2D eigenvalue weighted by atomic mass is 10.1. The number of aromatic nitrogens is 2. The highest BCUT2D eigenvalue weighted by molar-refractivity contribution is 7.71. The maximum Gasteiger partial charge on any atom is 0.262 e. The molecule has 1 aromatic heterocycles. The molecule has 1 heterocycles. The number of H-pyrrole nitrogens is 1. The number of rotatable bonds is 9. The Labute approximate surface area is 179 Å². The molecular weight excluding hydrogens is 402 g/mol. The van der Waals surface area contributed by atoms with Gasteiger partial charge in [-0.25, -0.2) is 0 Å². The van der Waals surface area contributed by atoms with E-state index in [1.807, 2.05) is 30.3 Å². The number of carbonyl (C=O) groups is 1. The highest BCUT2D eigenvalue weighted by atomic mass is 32.1. The molecule has 3 rings (SSSR count). The summed E-state index contributed by atoms with van der Waals surface area (Å²) in [5.74, 6) is 0.607. The van der Waals surface area contributed by atoms with E-state index in [9.17, 15) is 9.59 Å². The Kier molecular flexibility index (Phi) is 7.37. The van der Waals surface area contributed by atoms with Crippen LogP contribution in [0.15, 0.2) is 53.3 Å². The first kappa shape index (κ1) is 21.7. The Hall–Kier alpha value is -2.97. The van der Waals surface area contributed by atoms with Gasteiger partial charge in [0.05, 0.1) is 17.4 Å². The molecule has 0 unspecified atom stereocenters. The molecule has 0 spiro atoms. The van der Waals surface area contributed by atoms with Gasteiger partial charge in [-0.2, -0.15) is 0 Å². The third kappa shape index (κ3) is 5.14. The Morgan fingerprint density at radius 1 is 1.17 bits per heavy atom. The number of fused-ring (bicyclic) bond motifs is 1. The smallest absolute Gasteiger partial charge is 0.262 e.